The van der Waals surface area contributed by atoms with E-state index in [0.29, 0.717) is 25.2 Å². The van der Waals surface area contributed by atoms with Crippen molar-refractivity contribution in [3.05, 3.63) is 73.1 Å². The third-order valence-corrected chi connectivity index (χ3v) is 7.21. The van der Waals surface area contributed by atoms with Crippen LogP contribution in [0.25, 0.3) is 33.3 Å². The summed E-state index contributed by atoms with van der Waals surface area (Å²) in [4.78, 5) is 33.8. The minimum absolute atomic E-state index is 0.0324. The molecule has 218 valence electrons. The lowest BCUT2D eigenvalue weighted by Crippen LogP contribution is -2.38. The molecule has 0 saturated carbocycles. The molecule has 1 aliphatic heterocycles. The van der Waals surface area contributed by atoms with Crippen LogP contribution in [0, 0.1) is 0 Å². The third kappa shape index (κ3) is 7.48. The summed E-state index contributed by atoms with van der Waals surface area (Å²) in [5.41, 5.74) is 5.17. The fourth-order valence-corrected chi connectivity index (χ4v) is 4.86. The molecular formula is C33H36N4O5. The summed E-state index contributed by atoms with van der Waals surface area (Å²) in [6.07, 6.45) is 9.15. The molecule has 0 bridgehead atoms. The van der Waals surface area contributed by atoms with Crippen molar-refractivity contribution in [1.82, 2.24) is 15.3 Å². The highest BCUT2D eigenvalue weighted by atomic mass is 16.7. The van der Waals surface area contributed by atoms with E-state index in [4.69, 9.17) is 19.2 Å². The van der Waals surface area contributed by atoms with Gasteiger partial charge in [-0.3, -0.25) is 9.88 Å². The van der Waals surface area contributed by atoms with E-state index in [1.807, 2.05) is 36.4 Å². The average molecular weight is 569 g/mol. The highest BCUT2D eigenvalue weighted by Gasteiger charge is 2.17. The highest BCUT2D eigenvalue weighted by Crippen LogP contribution is 2.31. The maximum Gasteiger partial charge on any atom is 0.321 e. The van der Waals surface area contributed by atoms with Gasteiger partial charge in [-0.15, -0.1) is 0 Å². The largest absolute Gasteiger partial charge is 0.494 e. The van der Waals surface area contributed by atoms with Crippen LogP contribution in [0.4, 0.5) is 10.5 Å². The van der Waals surface area contributed by atoms with E-state index in [-0.39, 0.29) is 18.9 Å². The van der Waals surface area contributed by atoms with E-state index in [9.17, 15) is 9.59 Å². The zero-order chi connectivity index (χ0) is 29.1. The predicted octanol–water partition coefficient (Wildman–Crippen LogP) is 6.01. The summed E-state index contributed by atoms with van der Waals surface area (Å²) in [5, 5.41) is 3.32. The smallest absolute Gasteiger partial charge is 0.321 e. The molecule has 1 unspecified atom stereocenters. The monoisotopic (exact) mass is 568 g/mol. The standard InChI is InChI=1S/C33H36N4O5/c1-37(33(39)35-17-18-38)31-22-30(36-29-15-16-34-23-28(29)31)26-9-7-24(8-10-26)25-11-13-27(14-12-25)40-19-4-5-21-42-32-6-2-3-20-41-32/h7-16,18,22-23,32H,2-6,17,19-21H2,1H3,(H,35,39). The fourth-order valence-electron chi connectivity index (χ4n) is 4.86. The molecule has 0 spiro atoms. The van der Waals surface area contributed by atoms with Gasteiger partial charge in [-0.1, -0.05) is 36.4 Å². The minimum atomic E-state index is -0.383. The number of fused-ring (bicyclic) bond motifs is 1. The Labute approximate surface area is 245 Å². The van der Waals surface area contributed by atoms with Crippen LogP contribution < -0.4 is 15.0 Å². The van der Waals surface area contributed by atoms with Crippen molar-refractivity contribution in [2.24, 2.45) is 0 Å². The number of aldehydes is 1. The van der Waals surface area contributed by atoms with Crippen LogP contribution in [0.1, 0.15) is 32.1 Å². The van der Waals surface area contributed by atoms with Crippen molar-refractivity contribution < 1.29 is 23.8 Å². The summed E-state index contributed by atoms with van der Waals surface area (Å²) >= 11 is 0. The molecule has 1 atom stereocenters. The number of anilines is 1. The van der Waals surface area contributed by atoms with E-state index < -0.39 is 0 Å². The first-order valence-electron chi connectivity index (χ1n) is 14.4. The summed E-state index contributed by atoms with van der Waals surface area (Å²) in [7, 11) is 1.66. The quantitative estimate of drug-likeness (QED) is 0.165. The molecular weight excluding hydrogens is 532 g/mol. The summed E-state index contributed by atoms with van der Waals surface area (Å²) in [6.45, 7) is 2.09. The Morgan fingerprint density at radius 3 is 2.50 bits per heavy atom. The fraction of sp³-hybridized carbons (Fsp3) is 0.333. The number of carbonyl (C=O) groups excluding carboxylic acids is 2. The van der Waals surface area contributed by atoms with Gasteiger partial charge in [-0.25, -0.2) is 9.78 Å². The van der Waals surface area contributed by atoms with Crippen LogP contribution >= 0.6 is 0 Å². The maximum atomic E-state index is 12.6. The van der Waals surface area contributed by atoms with Crippen LogP contribution in [0.3, 0.4) is 0 Å². The van der Waals surface area contributed by atoms with Gasteiger partial charge in [0.1, 0.15) is 12.0 Å². The summed E-state index contributed by atoms with van der Waals surface area (Å²) in [5.74, 6) is 0.843. The topological polar surface area (TPSA) is 103 Å². The second kappa shape index (κ2) is 14.5. The Hall–Kier alpha value is -4.34. The number of pyridine rings is 2. The van der Waals surface area contributed by atoms with Crippen molar-refractivity contribution in [3.63, 3.8) is 0 Å². The van der Waals surface area contributed by atoms with Gasteiger partial charge >= 0.3 is 6.03 Å². The molecule has 9 nitrogen and oxygen atoms in total. The van der Waals surface area contributed by atoms with Crippen LogP contribution in [0.5, 0.6) is 5.75 Å². The Morgan fingerprint density at radius 2 is 1.76 bits per heavy atom. The molecule has 3 heterocycles. The SMILES string of the molecule is CN(C(=O)NCC=O)c1cc(-c2ccc(-c3ccc(OCCCCOC4CCCCO4)cc3)cc2)nc2ccncc12. The Morgan fingerprint density at radius 1 is 1.02 bits per heavy atom. The van der Waals surface area contributed by atoms with Crippen molar-refractivity contribution >= 4 is 28.9 Å². The van der Waals surface area contributed by atoms with Crippen LogP contribution in [-0.4, -0.2) is 62.0 Å². The van der Waals surface area contributed by atoms with Gasteiger partial charge < -0.3 is 24.3 Å². The number of amides is 2. The first-order chi connectivity index (χ1) is 20.6. The minimum Gasteiger partial charge on any atom is -0.494 e. The zero-order valence-electron chi connectivity index (χ0n) is 23.8. The van der Waals surface area contributed by atoms with Crippen LogP contribution in [-0.2, 0) is 14.3 Å². The van der Waals surface area contributed by atoms with E-state index in [0.717, 1.165) is 71.3 Å². The molecule has 9 heteroatoms. The van der Waals surface area contributed by atoms with Gasteiger partial charge in [0.25, 0.3) is 0 Å². The predicted molar refractivity (Wildman–Crippen MR) is 163 cm³/mol. The molecule has 5 rings (SSSR count). The lowest BCUT2D eigenvalue weighted by Gasteiger charge is -2.22. The number of nitrogens with zero attached hydrogens (tertiary/aromatic N) is 3. The number of hydrogen-bond donors (Lipinski definition) is 1. The van der Waals surface area contributed by atoms with Crippen molar-refractivity contribution in [2.45, 2.75) is 38.4 Å². The van der Waals surface area contributed by atoms with Gasteiger partial charge in [-0.05, 0) is 67.5 Å². The lowest BCUT2D eigenvalue weighted by atomic mass is 10.0. The average Bonchev–Trinajstić information content (AvgIpc) is 3.05. The van der Waals surface area contributed by atoms with E-state index in [1.165, 1.54) is 11.3 Å². The number of carbonyl (C=O) groups is 2. The van der Waals surface area contributed by atoms with Crippen molar-refractivity contribution in [3.8, 4) is 28.1 Å². The number of unbranched alkanes of at least 4 members (excludes halogenated alkanes) is 1. The van der Waals surface area contributed by atoms with E-state index >= 15 is 0 Å². The summed E-state index contributed by atoms with van der Waals surface area (Å²) in [6, 6.07) is 19.5. The molecule has 1 N–H and O–H groups in total. The Kier molecular flexibility index (Phi) is 10.1. The Bertz CT molecular complexity index is 1470. The number of urea groups is 1. The zero-order valence-corrected chi connectivity index (χ0v) is 23.8. The molecule has 42 heavy (non-hydrogen) atoms. The number of nitrogens with one attached hydrogen (secondary N) is 1. The second-order valence-corrected chi connectivity index (χ2v) is 10.2. The first kappa shape index (κ1) is 29.2. The van der Waals surface area contributed by atoms with Gasteiger partial charge in [-0.2, -0.15) is 0 Å². The molecule has 4 aromatic rings. The molecule has 1 aliphatic rings. The summed E-state index contributed by atoms with van der Waals surface area (Å²) < 4.78 is 17.3. The van der Waals surface area contributed by atoms with Gasteiger partial charge in [0.05, 0.1) is 30.0 Å². The number of rotatable bonds is 12. The van der Waals surface area contributed by atoms with Gasteiger partial charge in [0.2, 0.25) is 0 Å². The van der Waals surface area contributed by atoms with Gasteiger partial charge in [0.15, 0.2) is 6.29 Å². The molecule has 0 radical (unpaired) electrons. The molecule has 1 saturated heterocycles. The number of hydrogen-bond acceptors (Lipinski definition) is 7. The van der Waals surface area contributed by atoms with Gasteiger partial charge in [0, 0.05) is 43.6 Å². The maximum absolute atomic E-state index is 12.6. The number of benzene rings is 2. The van der Waals surface area contributed by atoms with Crippen LogP contribution in [0.15, 0.2) is 73.1 Å². The Balaban J connectivity index is 1.20. The first-order valence-corrected chi connectivity index (χ1v) is 14.4. The van der Waals surface area contributed by atoms with E-state index in [2.05, 4.69) is 34.6 Å². The lowest BCUT2D eigenvalue weighted by molar-refractivity contribution is -0.162. The molecule has 1 fully saturated rings. The number of ether oxygens (including phenoxy) is 3. The highest BCUT2D eigenvalue weighted by molar-refractivity contribution is 6.03. The normalized spacial score (nSPS) is 14.8. The molecule has 2 aromatic carbocycles. The van der Waals surface area contributed by atoms with Crippen molar-refractivity contribution in [2.75, 3.05) is 38.3 Å². The second-order valence-electron chi connectivity index (χ2n) is 10.2. The molecule has 0 aliphatic carbocycles. The van der Waals surface area contributed by atoms with E-state index in [1.54, 1.807) is 19.4 Å². The third-order valence-electron chi connectivity index (χ3n) is 7.21. The molecule has 2 amide bonds. The molecule has 2 aromatic heterocycles. The van der Waals surface area contributed by atoms with Crippen molar-refractivity contribution in [1.29, 1.82) is 0 Å². The van der Waals surface area contributed by atoms with Crippen LogP contribution in [0.2, 0.25) is 0 Å². The number of aromatic nitrogens is 2.